The maximum Gasteiger partial charge on any atom is 0.224 e. The van der Waals surface area contributed by atoms with Crippen LogP contribution in [0.25, 0.3) is 0 Å². The maximum absolute atomic E-state index is 11.9. The van der Waals surface area contributed by atoms with Crippen molar-refractivity contribution in [3.63, 3.8) is 0 Å². The molecule has 1 amide bonds. The summed E-state index contributed by atoms with van der Waals surface area (Å²) in [7, 11) is 0. The molecule has 114 valence electrons. The molecular weight excluding hydrogens is 266 g/mol. The van der Waals surface area contributed by atoms with Crippen molar-refractivity contribution in [2.24, 2.45) is 0 Å². The lowest BCUT2D eigenvalue weighted by atomic mass is 9.93. The molecule has 1 fully saturated rings. The van der Waals surface area contributed by atoms with E-state index in [-0.39, 0.29) is 23.7 Å². The van der Waals surface area contributed by atoms with Crippen molar-refractivity contribution in [2.45, 2.75) is 57.8 Å². The first-order valence-corrected chi connectivity index (χ1v) is 7.75. The standard InChI is InChI=1S/C17H23NO3/c1-4-5-8-18-14(19)10-11-6-7-13-12(9-11)15-16(20-15)17(2,3)21-13/h6-7,9,15-16H,4-5,8,10H2,1-3H3,(H,18,19). The number of nitrogens with one attached hydrogen (secondary N) is 1. The average molecular weight is 289 g/mol. The van der Waals surface area contributed by atoms with Crippen molar-refractivity contribution >= 4 is 5.91 Å². The Kier molecular flexibility index (Phi) is 3.66. The van der Waals surface area contributed by atoms with Crippen LogP contribution in [0.5, 0.6) is 5.75 Å². The normalized spacial score (nSPS) is 24.5. The molecule has 1 N–H and O–H groups in total. The maximum atomic E-state index is 11.9. The lowest BCUT2D eigenvalue weighted by Crippen LogP contribution is -2.37. The van der Waals surface area contributed by atoms with Crippen LogP contribution in [-0.2, 0) is 16.0 Å². The summed E-state index contributed by atoms with van der Waals surface area (Å²) in [5.74, 6) is 0.961. The number of rotatable bonds is 5. The van der Waals surface area contributed by atoms with E-state index >= 15 is 0 Å². The first-order valence-electron chi connectivity index (χ1n) is 7.75. The van der Waals surface area contributed by atoms with E-state index in [0.29, 0.717) is 6.42 Å². The second-order valence-electron chi connectivity index (χ2n) is 6.44. The molecule has 3 rings (SSSR count). The lowest BCUT2D eigenvalue weighted by molar-refractivity contribution is -0.120. The molecule has 2 atom stereocenters. The van der Waals surface area contributed by atoms with Gasteiger partial charge in [-0.3, -0.25) is 4.79 Å². The Morgan fingerprint density at radius 1 is 1.38 bits per heavy atom. The van der Waals surface area contributed by atoms with Crippen LogP contribution in [0.3, 0.4) is 0 Å². The first kappa shape index (κ1) is 14.4. The van der Waals surface area contributed by atoms with Crippen LogP contribution < -0.4 is 10.1 Å². The summed E-state index contributed by atoms with van der Waals surface area (Å²) >= 11 is 0. The molecule has 2 unspecified atom stereocenters. The summed E-state index contributed by atoms with van der Waals surface area (Å²) in [6, 6.07) is 5.98. The summed E-state index contributed by atoms with van der Waals surface area (Å²) in [4.78, 5) is 11.9. The zero-order valence-corrected chi connectivity index (χ0v) is 12.9. The minimum atomic E-state index is -0.267. The molecule has 1 saturated heterocycles. The summed E-state index contributed by atoms with van der Waals surface area (Å²) in [5.41, 5.74) is 1.83. The largest absolute Gasteiger partial charge is 0.485 e. The summed E-state index contributed by atoms with van der Waals surface area (Å²) < 4.78 is 11.7. The number of carbonyl (C=O) groups is 1. The van der Waals surface area contributed by atoms with E-state index in [1.165, 1.54) is 0 Å². The van der Waals surface area contributed by atoms with Crippen molar-refractivity contribution in [1.82, 2.24) is 5.32 Å². The van der Waals surface area contributed by atoms with E-state index in [0.717, 1.165) is 36.3 Å². The number of carbonyl (C=O) groups excluding carboxylic acids is 1. The van der Waals surface area contributed by atoms with Gasteiger partial charge in [0, 0.05) is 12.1 Å². The number of hydrogen-bond donors (Lipinski definition) is 1. The highest BCUT2D eigenvalue weighted by atomic mass is 16.6. The highest BCUT2D eigenvalue weighted by Crippen LogP contribution is 2.53. The molecule has 1 aromatic carbocycles. The third-order valence-electron chi connectivity index (χ3n) is 4.15. The predicted molar refractivity (Wildman–Crippen MR) is 80.4 cm³/mol. The summed E-state index contributed by atoms with van der Waals surface area (Å²) in [5, 5.41) is 2.95. The highest BCUT2D eigenvalue weighted by molar-refractivity contribution is 5.78. The molecule has 0 bridgehead atoms. The van der Waals surface area contributed by atoms with Gasteiger partial charge in [0.05, 0.1) is 6.42 Å². The van der Waals surface area contributed by atoms with Gasteiger partial charge >= 0.3 is 0 Å². The van der Waals surface area contributed by atoms with E-state index in [1.54, 1.807) is 0 Å². The van der Waals surface area contributed by atoms with Gasteiger partial charge in [0.25, 0.3) is 0 Å². The third-order valence-corrected chi connectivity index (χ3v) is 4.15. The van der Waals surface area contributed by atoms with Crippen LogP contribution in [0.1, 0.15) is 50.8 Å². The van der Waals surface area contributed by atoms with E-state index in [4.69, 9.17) is 9.47 Å². The van der Waals surface area contributed by atoms with Crippen LogP contribution in [0, 0.1) is 0 Å². The molecule has 21 heavy (non-hydrogen) atoms. The van der Waals surface area contributed by atoms with Gasteiger partial charge in [-0.15, -0.1) is 0 Å². The SMILES string of the molecule is CCCCNC(=O)Cc1ccc2c(c1)C1OC1C(C)(C)O2. The molecule has 0 saturated carbocycles. The summed E-state index contributed by atoms with van der Waals surface area (Å²) in [6.45, 7) is 6.97. The van der Waals surface area contributed by atoms with Gasteiger partial charge in [-0.1, -0.05) is 19.4 Å². The molecule has 1 aromatic rings. The van der Waals surface area contributed by atoms with Crippen molar-refractivity contribution in [1.29, 1.82) is 0 Å². The molecule has 4 nitrogen and oxygen atoms in total. The topological polar surface area (TPSA) is 50.9 Å². The van der Waals surface area contributed by atoms with Crippen LogP contribution in [0.2, 0.25) is 0 Å². The predicted octanol–water partition coefficient (Wildman–Crippen LogP) is 2.76. The Balaban J connectivity index is 1.67. The average Bonchev–Trinajstić information content (AvgIpc) is 3.21. The number of benzene rings is 1. The van der Waals surface area contributed by atoms with Gasteiger partial charge in [-0.2, -0.15) is 0 Å². The Bertz CT molecular complexity index is 553. The Labute approximate surface area is 125 Å². The zero-order chi connectivity index (χ0) is 15.0. The van der Waals surface area contributed by atoms with Gasteiger partial charge < -0.3 is 14.8 Å². The Morgan fingerprint density at radius 2 is 2.19 bits per heavy atom. The van der Waals surface area contributed by atoms with E-state index in [9.17, 15) is 4.79 Å². The quantitative estimate of drug-likeness (QED) is 0.670. The molecule has 0 aromatic heterocycles. The fraction of sp³-hybridized carbons (Fsp3) is 0.588. The zero-order valence-electron chi connectivity index (χ0n) is 12.9. The van der Waals surface area contributed by atoms with E-state index in [1.807, 2.05) is 12.1 Å². The second-order valence-corrected chi connectivity index (χ2v) is 6.44. The lowest BCUT2D eigenvalue weighted by Gasteiger charge is -2.29. The number of epoxide rings is 1. The van der Waals surface area contributed by atoms with Crippen molar-refractivity contribution in [3.8, 4) is 5.75 Å². The van der Waals surface area contributed by atoms with Crippen LogP contribution in [0.15, 0.2) is 18.2 Å². The molecule has 2 aliphatic heterocycles. The van der Waals surface area contributed by atoms with Crippen molar-refractivity contribution in [3.05, 3.63) is 29.3 Å². The first-order chi connectivity index (χ1) is 10.0. The van der Waals surface area contributed by atoms with Crippen LogP contribution in [-0.4, -0.2) is 24.2 Å². The monoisotopic (exact) mass is 289 g/mol. The fourth-order valence-corrected chi connectivity index (χ4v) is 2.89. The Morgan fingerprint density at radius 3 is 2.95 bits per heavy atom. The van der Waals surface area contributed by atoms with Gasteiger partial charge in [0.1, 0.15) is 23.6 Å². The molecule has 2 heterocycles. The second kappa shape index (κ2) is 5.34. The number of fused-ring (bicyclic) bond motifs is 3. The molecule has 2 aliphatic rings. The van der Waals surface area contributed by atoms with Gasteiger partial charge in [-0.25, -0.2) is 0 Å². The van der Waals surface area contributed by atoms with Crippen molar-refractivity contribution in [2.75, 3.05) is 6.54 Å². The van der Waals surface area contributed by atoms with Crippen molar-refractivity contribution < 1.29 is 14.3 Å². The third kappa shape index (κ3) is 2.91. The number of unbranched alkanes of at least 4 members (excludes halogenated alkanes) is 1. The van der Waals surface area contributed by atoms with Crippen LogP contribution in [0.4, 0.5) is 0 Å². The van der Waals surface area contributed by atoms with Crippen LogP contribution >= 0.6 is 0 Å². The van der Waals surface area contributed by atoms with Gasteiger partial charge in [0.15, 0.2) is 0 Å². The molecular formula is C17H23NO3. The molecule has 0 radical (unpaired) electrons. The number of amides is 1. The van der Waals surface area contributed by atoms with Gasteiger partial charge in [-0.05, 0) is 38.0 Å². The molecule has 4 heteroatoms. The van der Waals surface area contributed by atoms with E-state index < -0.39 is 0 Å². The minimum absolute atomic E-state index is 0.0775. The fourth-order valence-electron chi connectivity index (χ4n) is 2.89. The highest BCUT2D eigenvalue weighted by Gasteiger charge is 2.56. The molecule has 0 spiro atoms. The number of ether oxygens (including phenoxy) is 2. The van der Waals surface area contributed by atoms with E-state index in [2.05, 4.69) is 32.2 Å². The molecule has 0 aliphatic carbocycles. The van der Waals surface area contributed by atoms with Gasteiger partial charge in [0.2, 0.25) is 5.91 Å². The smallest absolute Gasteiger partial charge is 0.224 e. The Hall–Kier alpha value is -1.55. The minimum Gasteiger partial charge on any atom is -0.485 e. The summed E-state index contributed by atoms with van der Waals surface area (Å²) in [6.07, 6.45) is 2.80. The number of hydrogen-bond acceptors (Lipinski definition) is 3.